The first-order valence-corrected chi connectivity index (χ1v) is 8.87. The lowest BCUT2D eigenvalue weighted by atomic mass is 9.48. The van der Waals surface area contributed by atoms with Gasteiger partial charge in [-0.25, -0.2) is 0 Å². The van der Waals surface area contributed by atoms with Gasteiger partial charge in [0.1, 0.15) is 11.9 Å². The lowest BCUT2D eigenvalue weighted by Gasteiger charge is -2.63. The molecule has 1 aromatic rings. The van der Waals surface area contributed by atoms with Crippen molar-refractivity contribution < 1.29 is 14.2 Å². The van der Waals surface area contributed by atoms with E-state index in [0.29, 0.717) is 24.2 Å². The predicted molar refractivity (Wildman–Crippen MR) is 92.0 cm³/mol. The molecule has 7 nitrogen and oxygen atoms in total. The van der Waals surface area contributed by atoms with Crippen molar-refractivity contribution >= 4 is 5.90 Å². The van der Waals surface area contributed by atoms with Crippen LogP contribution in [0.1, 0.15) is 37.4 Å². The van der Waals surface area contributed by atoms with Crippen molar-refractivity contribution in [1.29, 1.82) is 21.2 Å². The summed E-state index contributed by atoms with van der Waals surface area (Å²) in [7, 11) is 1.53. The van der Waals surface area contributed by atoms with Crippen LogP contribution in [-0.4, -0.2) is 18.8 Å². The molecule has 4 aliphatic rings. The van der Waals surface area contributed by atoms with Gasteiger partial charge in [-0.1, -0.05) is 18.6 Å². The fraction of sp³-hybridized carbons (Fsp3) is 0.500. The van der Waals surface area contributed by atoms with Gasteiger partial charge in [-0.15, -0.1) is 0 Å². The van der Waals surface area contributed by atoms with Gasteiger partial charge in [0, 0.05) is 6.42 Å². The van der Waals surface area contributed by atoms with Gasteiger partial charge in [0.05, 0.1) is 31.2 Å². The van der Waals surface area contributed by atoms with Crippen LogP contribution in [0.2, 0.25) is 0 Å². The molecule has 0 unspecified atom stereocenters. The summed E-state index contributed by atoms with van der Waals surface area (Å²) >= 11 is 0. The van der Waals surface area contributed by atoms with Crippen LogP contribution in [0.25, 0.3) is 0 Å². The minimum Gasteiger partial charge on any atom is -0.497 e. The van der Waals surface area contributed by atoms with E-state index in [1.807, 2.05) is 0 Å². The summed E-state index contributed by atoms with van der Waals surface area (Å²) in [6, 6.07) is 13.3. The molecule has 4 atom stereocenters. The normalized spacial score (nSPS) is 35.7. The Morgan fingerprint density at radius 2 is 1.96 bits per heavy atom. The van der Waals surface area contributed by atoms with E-state index in [1.165, 1.54) is 7.11 Å². The zero-order valence-electron chi connectivity index (χ0n) is 14.9. The highest BCUT2D eigenvalue weighted by molar-refractivity contribution is 5.89. The first-order valence-electron chi connectivity index (χ1n) is 8.87. The van der Waals surface area contributed by atoms with Crippen molar-refractivity contribution in [3.63, 3.8) is 0 Å². The number of nitrogens with zero attached hydrogens (tertiary/aromatic N) is 3. The molecule has 0 aromatic heterocycles. The first kappa shape index (κ1) is 17.3. The molecular formula is C20H18N4O3. The molecule has 3 aliphatic heterocycles. The second kappa shape index (κ2) is 5.71. The third-order valence-electron chi connectivity index (χ3n) is 6.21. The monoisotopic (exact) mass is 362 g/mol. The average Bonchev–Trinajstić information content (AvgIpc) is 2.72. The topological polar surface area (TPSA) is 123 Å². The van der Waals surface area contributed by atoms with E-state index in [9.17, 15) is 15.8 Å². The highest BCUT2D eigenvalue weighted by Gasteiger charge is 2.80. The van der Waals surface area contributed by atoms with Gasteiger partial charge in [0.15, 0.2) is 10.8 Å². The van der Waals surface area contributed by atoms with Crippen LogP contribution in [0.3, 0.4) is 0 Å². The second-order valence-corrected chi connectivity index (χ2v) is 7.27. The summed E-state index contributed by atoms with van der Waals surface area (Å²) in [5.74, 6) is -1.60. The zero-order chi connectivity index (χ0) is 19.3. The van der Waals surface area contributed by atoms with Gasteiger partial charge in [-0.3, -0.25) is 5.41 Å². The number of rotatable bonds is 2. The molecule has 5 rings (SSSR count). The van der Waals surface area contributed by atoms with E-state index in [-0.39, 0.29) is 5.90 Å². The summed E-state index contributed by atoms with van der Waals surface area (Å²) < 4.78 is 17.5. The second-order valence-electron chi connectivity index (χ2n) is 7.27. The smallest absolute Gasteiger partial charge is 0.218 e. The molecule has 1 saturated carbocycles. The number of benzene rings is 1. The molecule has 1 aliphatic carbocycles. The molecule has 1 N–H and O–H groups in total. The minimum atomic E-state index is -1.84. The fourth-order valence-electron chi connectivity index (χ4n) is 4.95. The molecular weight excluding hydrogens is 344 g/mol. The van der Waals surface area contributed by atoms with E-state index in [4.69, 9.17) is 19.6 Å². The Hall–Kier alpha value is -3.08. The van der Waals surface area contributed by atoms with Crippen molar-refractivity contribution in [1.82, 2.24) is 0 Å². The molecule has 136 valence electrons. The number of hydrogen-bond donors (Lipinski definition) is 1. The third kappa shape index (κ3) is 1.89. The van der Waals surface area contributed by atoms with E-state index in [2.05, 4.69) is 18.2 Å². The van der Waals surface area contributed by atoms with Gasteiger partial charge >= 0.3 is 0 Å². The Balaban J connectivity index is 2.00. The van der Waals surface area contributed by atoms with E-state index >= 15 is 0 Å². The van der Waals surface area contributed by atoms with Crippen LogP contribution in [0.5, 0.6) is 5.75 Å². The van der Waals surface area contributed by atoms with Crippen molar-refractivity contribution in [3.8, 4) is 24.0 Å². The van der Waals surface area contributed by atoms with Gasteiger partial charge in [-0.2, -0.15) is 15.8 Å². The van der Waals surface area contributed by atoms with Crippen molar-refractivity contribution in [2.75, 3.05) is 7.11 Å². The van der Waals surface area contributed by atoms with Gasteiger partial charge in [0.25, 0.3) is 0 Å². The predicted octanol–water partition coefficient (Wildman–Crippen LogP) is 3.20. The van der Waals surface area contributed by atoms with Gasteiger partial charge in [-0.05, 0) is 30.5 Å². The summed E-state index contributed by atoms with van der Waals surface area (Å²) in [5.41, 5.74) is -2.97. The van der Waals surface area contributed by atoms with Crippen LogP contribution < -0.4 is 4.74 Å². The maximum atomic E-state index is 10.2. The zero-order valence-corrected chi connectivity index (χ0v) is 14.9. The number of fused-ring (bicyclic) bond motifs is 2. The highest BCUT2D eigenvalue weighted by Crippen LogP contribution is 2.69. The molecule has 0 radical (unpaired) electrons. The van der Waals surface area contributed by atoms with Crippen molar-refractivity contribution in [3.05, 3.63) is 29.8 Å². The lowest BCUT2D eigenvalue weighted by molar-refractivity contribution is -0.360. The Bertz CT molecular complexity index is 926. The SMILES string of the molecule is COc1cccc([C@H]2O[C@]34CCCC[C@@H]3C(C#N)(C#N)[C@@]2(C#N)C(=N)O4)c1. The summed E-state index contributed by atoms with van der Waals surface area (Å²) in [6.45, 7) is 0. The number of nitriles is 3. The summed E-state index contributed by atoms with van der Waals surface area (Å²) in [6.07, 6.45) is 1.69. The molecule has 1 spiro atoms. The number of hydrogen-bond acceptors (Lipinski definition) is 7. The molecule has 4 fully saturated rings. The molecule has 27 heavy (non-hydrogen) atoms. The molecule has 3 heterocycles. The molecule has 3 saturated heterocycles. The van der Waals surface area contributed by atoms with Crippen LogP contribution in [0.4, 0.5) is 0 Å². The number of methoxy groups -OCH3 is 1. The highest BCUT2D eigenvalue weighted by atomic mass is 16.7. The standard InChI is InChI=1S/C20H18N4O3/c1-25-14-6-4-5-13(9-14)16-19(12-23)17(24)27-20(26-16)8-3-2-7-15(20)18(19,10-21)11-22/h4-6,9,15-16,24H,2-3,7-8H2,1H3/t15-,16-,19-,20+/m1/s1. The Labute approximate surface area is 157 Å². The largest absolute Gasteiger partial charge is 0.497 e. The molecule has 2 bridgehead atoms. The minimum absolute atomic E-state index is 0.356. The van der Waals surface area contributed by atoms with Crippen molar-refractivity contribution in [2.45, 2.75) is 37.6 Å². The number of nitrogens with one attached hydrogen (secondary N) is 1. The van der Waals surface area contributed by atoms with Crippen LogP contribution in [0.15, 0.2) is 24.3 Å². The van der Waals surface area contributed by atoms with E-state index < -0.39 is 28.6 Å². The summed E-state index contributed by atoms with van der Waals surface area (Å²) in [5, 5.41) is 39.0. The molecule has 0 amide bonds. The molecule has 1 aromatic carbocycles. The Morgan fingerprint density at radius 1 is 1.19 bits per heavy atom. The maximum absolute atomic E-state index is 10.2. The van der Waals surface area contributed by atoms with Crippen LogP contribution >= 0.6 is 0 Å². The van der Waals surface area contributed by atoms with Crippen molar-refractivity contribution in [2.24, 2.45) is 16.7 Å². The first-order chi connectivity index (χ1) is 13.0. The Kier molecular flexibility index (Phi) is 3.67. The molecule has 7 heteroatoms. The lowest BCUT2D eigenvalue weighted by Crippen LogP contribution is -2.73. The van der Waals surface area contributed by atoms with Crippen LogP contribution in [-0.2, 0) is 9.47 Å². The van der Waals surface area contributed by atoms with Gasteiger partial charge in [0.2, 0.25) is 11.7 Å². The summed E-state index contributed by atoms with van der Waals surface area (Å²) in [4.78, 5) is 0. The number of ether oxygens (including phenoxy) is 3. The fourth-order valence-corrected chi connectivity index (χ4v) is 4.95. The van der Waals surface area contributed by atoms with E-state index in [0.717, 1.165) is 12.8 Å². The average molecular weight is 362 g/mol. The van der Waals surface area contributed by atoms with Crippen LogP contribution in [0, 0.1) is 56.2 Å². The quantitative estimate of drug-likeness (QED) is 0.861. The maximum Gasteiger partial charge on any atom is 0.218 e. The Morgan fingerprint density at radius 3 is 2.63 bits per heavy atom. The van der Waals surface area contributed by atoms with Gasteiger partial charge < -0.3 is 14.2 Å². The van der Waals surface area contributed by atoms with E-state index in [1.54, 1.807) is 24.3 Å². The third-order valence-corrected chi connectivity index (χ3v) is 6.21.